The van der Waals surface area contributed by atoms with Crippen LogP contribution in [0, 0.1) is 0 Å². The summed E-state index contributed by atoms with van der Waals surface area (Å²) in [5.74, 6) is -0.711. The average molecular weight is 371 g/mol. The molecular weight excluding hydrogens is 350 g/mol. The van der Waals surface area contributed by atoms with Gasteiger partial charge in [0.05, 0.1) is 5.92 Å². The molecule has 1 N–H and O–H groups in total. The Morgan fingerprint density at radius 2 is 1.39 bits per heavy atom. The summed E-state index contributed by atoms with van der Waals surface area (Å²) >= 11 is 0. The third-order valence-electron chi connectivity index (χ3n) is 4.64. The van der Waals surface area contributed by atoms with Gasteiger partial charge in [-0.2, -0.15) is 0 Å². The van der Waals surface area contributed by atoms with Crippen molar-refractivity contribution in [1.29, 1.82) is 0 Å². The zero-order valence-electron chi connectivity index (χ0n) is 15.8. The molecule has 0 radical (unpaired) electrons. The lowest BCUT2D eigenvalue weighted by Gasteiger charge is -2.14. The molecule has 3 aromatic rings. The Kier molecular flexibility index (Phi) is 5.80. The number of hydrogen-bond donors (Lipinski definition) is 1. The molecule has 3 aromatic carbocycles. The van der Waals surface area contributed by atoms with Gasteiger partial charge in [0.25, 0.3) is 0 Å². The van der Waals surface area contributed by atoms with Crippen molar-refractivity contribution in [3.8, 4) is 0 Å². The van der Waals surface area contributed by atoms with Gasteiger partial charge in [-0.05, 0) is 49.7 Å². The Morgan fingerprint density at radius 3 is 2.04 bits per heavy atom. The summed E-state index contributed by atoms with van der Waals surface area (Å²) in [6.45, 7) is 3.30. The van der Waals surface area contributed by atoms with E-state index in [4.69, 9.17) is 0 Å². The average Bonchev–Trinajstić information content (AvgIpc) is 2.73. The molecule has 1 amide bonds. The number of amides is 1. The molecule has 0 saturated heterocycles. The molecule has 0 aliphatic rings. The maximum Gasteiger partial charge on any atom is 0.231 e. The normalized spacial score (nSPS) is 11.5. The SMILES string of the molecule is CC(=O)c1ccc(NC(=O)[C@H](C)c2cccc(C(=O)c3ccccc3)c2)cc1. The minimum absolute atomic E-state index is 0.0221. The summed E-state index contributed by atoms with van der Waals surface area (Å²) in [7, 11) is 0. The standard InChI is InChI=1S/C24H21NO3/c1-16(24(28)25-22-13-11-18(12-14-22)17(2)26)20-9-6-10-21(15-20)23(27)19-7-4-3-5-8-19/h3-16H,1-2H3,(H,25,28)/t16-/m1/s1. The molecule has 0 aliphatic carbocycles. The highest BCUT2D eigenvalue weighted by molar-refractivity contribution is 6.09. The second-order valence-corrected chi connectivity index (χ2v) is 6.67. The first-order valence-corrected chi connectivity index (χ1v) is 9.07. The molecule has 4 nitrogen and oxygen atoms in total. The number of hydrogen-bond acceptors (Lipinski definition) is 3. The molecule has 0 aliphatic heterocycles. The smallest absolute Gasteiger partial charge is 0.231 e. The highest BCUT2D eigenvalue weighted by Gasteiger charge is 2.17. The van der Waals surface area contributed by atoms with Crippen LogP contribution in [0.2, 0.25) is 0 Å². The van der Waals surface area contributed by atoms with Crippen molar-refractivity contribution < 1.29 is 14.4 Å². The molecule has 3 rings (SSSR count). The highest BCUT2D eigenvalue weighted by atomic mass is 16.2. The van der Waals surface area contributed by atoms with Crippen molar-refractivity contribution in [3.05, 3.63) is 101 Å². The highest BCUT2D eigenvalue weighted by Crippen LogP contribution is 2.21. The maximum absolute atomic E-state index is 12.6. The zero-order chi connectivity index (χ0) is 20.1. The van der Waals surface area contributed by atoms with E-state index in [-0.39, 0.29) is 17.5 Å². The molecule has 0 bridgehead atoms. The van der Waals surface area contributed by atoms with Gasteiger partial charge in [0.15, 0.2) is 11.6 Å². The van der Waals surface area contributed by atoms with Gasteiger partial charge >= 0.3 is 0 Å². The third-order valence-corrected chi connectivity index (χ3v) is 4.64. The van der Waals surface area contributed by atoms with E-state index in [1.165, 1.54) is 6.92 Å². The number of ketones is 2. The molecule has 0 fully saturated rings. The quantitative estimate of drug-likeness (QED) is 0.629. The van der Waals surface area contributed by atoms with Crippen molar-refractivity contribution in [2.75, 3.05) is 5.32 Å². The molecule has 0 saturated carbocycles. The molecule has 0 heterocycles. The van der Waals surface area contributed by atoms with E-state index in [0.29, 0.717) is 22.4 Å². The van der Waals surface area contributed by atoms with Gasteiger partial charge in [-0.3, -0.25) is 14.4 Å². The van der Waals surface area contributed by atoms with E-state index in [2.05, 4.69) is 5.32 Å². The van der Waals surface area contributed by atoms with Crippen LogP contribution in [0.15, 0.2) is 78.9 Å². The van der Waals surface area contributed by atoms with Gasteiger partial charge in [-0.1, -0.05) is 48.5 Å². The minimum atomic E-state index is -0.434. The first-order chi connectivity index (χ1) is 13.5. The van der Waals surface area contributed by atoms with Crippen LogP contribution >= 0.6 is 0 Å². The Labute approximate surface area is 164 Å². The lowest BCUT2D eigenvalue weighted by molar-refractivity contribution is -0.117. The summed E-state index contributed by atoms with van der Waals surface area (Å²) in [4.78, 5) is 36.6. The number of carbonyl (C=O) groups is 3. The van der Waals surface area contributed by atoms with Gasteiger partial charge < -0.3 is 5.32 Å². The van der Waals surface area contributed by atoms with Crippen LogP contribution in [0.3, 0.4) is 0 Å². The first-order valence-electron chi connectivity index (χ1n) is 9.07. The van der Waals surface area contributed by atoms with Crippen LogP contribution in [0.1, 0.15) is 51.6 Å². The fourth-order valence-corrected chi connectivity index (χ4v) is 2.90. The van der Waals surface area contributed by atoms with Crippen molar-refractivity contribution in [2.24, 2.45) is 0 Å². The molecule has 0 unspecified atom stereocenters. The van der Waals surface area contributed by atoms with Crippen molar-refractivity contribution in [1.82, 2.24) is 0 Å². The molecule has 0 aromatic heterocycles. The van der Waals surface area contributed by atoms with Gasteiger partial charge in [0.1, 0.15) is 0 Å². The summed E-state index contributed by atoms with van der Waals surface area (Å²) in [6, 6.07) is 23.0. The van der Waals surface area contributed by atoms with E-state index in [1.807, 2.05) is 24.3 Å². The Hall–Kier alpha value is -3.53. The largest absolute Gasteiger partial charge is 0.326 e. The summed E-state index contributed by atoms with van der Waals surface area (Å²) in [5.41, 5.74) is 3.15. The molecule has 1 atom stereocenters. The molecule has 28 heavy (non-hydrogen) atoms. The lowest BCUT2D eigenvalue weighted by Crippen LogP contribution is -2.19. The third kappa shape index (κ3) is 4.41. The summed E-state index contributed by atoms with van der Waals surface area (Å²) < 4.78 is 0. The van der Waals surface area contributed by atoms with Gasteiger partial charge in [0.2, 0.25) is 5.91 Å². The van der Waals surface area contributed by atoms with Gasteiger partial charge in [-0.15, -0.1) is 0 Å². The molecule has 0 spiro atoms. The Bertz CT molecular complexity index is 1010. The maximum atomic E-state index is 12.6. The fraction of sp³-hybridized carbons (Fsp3) is 0.125. The minimum Gasteiger partial charge on any atom is -0.326 e. The number of anilines is 1. The van der Waals surface area contributed by atoms with Crippen molar-refractivity contribution >= 4 is 23.2 Å². The predicted octanol–water partition coefficient (Wildman–Crippen LogP) is 4.86. The van der Waals surface area contributed by atoms with Gasteiger partial charge in [0, 0.05) is 22.4 Å². The van der Waals surface area contributed by atoms with E-state index < -0.39 is 5.92 Å². The summed E-state index contributed by atoms with van der Waals surface area (Å²) in [6.07, 6.45) is 0. The van der Waals surface area contributed by atoms with E-state index in [1.54, 1.807) is 61.5 Å². The van der Waals surface area contributed by atoms with Crippen LogP contribution in [0.25, 0.3) is 0 Å². The number of benzene rings is 3. The molecular formula is C24H21NO3. The van der Waals surface area contributed by atoms with Crippen LogP contribution in [0.5, 0.6) is 0 Å². The van der Waals surface area contributed by atoms with E-state index in [9.17, 15) is 14.4 Å². The topological polar surface area (TPSA) is 63.2 Å². The fourth-order valence-electron chi connectivity index (χ4n) is 2.90. The van der Waals surface area contributed by atoms with Crippen LogP contribution in [-0.4, -0.2) is 17.5 Å². The number of nitrogens with one attached hydrogen (secondary N) is 1. The zero-order valence-corrected chi connectivity index (χ0v) is 15.8. The van der Waals surface area contributed by atoms with Crippen LogP contribution in [-0.2, 0) is 4.79 Å². The van der Waals surface area contributed by atoms with Crippen molar-refractivity contribution in [3.63, 3.8) is 0 Å². The van der Waals surface area contributed by atoms with E-state index >= 15 is 0 Å². The van der Waals surface area contributed by atoms with Crippen LogP contribution in [0.4, 0.5) is 5.69 Å². The number of Topliss-reactive ketones (excluding diaryl/α,β-unsaturated/α-hetero) is 1. The second-order valence-electron chi connectivity index (χ2n) is 6.67. The lowest BCUT2D eigenvalue weighted by atomic mass is 9.95. The number of carbonyl (C=O) groups excluding carboxylic acids is 3. The van der Waals surface area contributed by atoms with Gasteiger partial charge in [-0.25, -0.2) is 0 Å². The Balaban J connectivity index is 1.75. The summed E-state index contributed by atoms with van der Waals surface area (Å²) in [5, 5.41) is 2.85. The second kappa shape index (κ2) is 8.44. The van der Waals surface area contributed by atoms with E-state index in [0.717, 1.165) is 5.56 Å². The van der Waals surface area contributed by atoms with Crippen molar-refractivity contribution in [2.45, 2.75) is 19.8 Å². The molecule has 140 valence electrons. The Morgan fingerprint density at radius 1 is 0.750 bits per heavy atom. The predicted molar refractivity (Wildman–Crippen MR) is 110 cm³/mol. The number of rotatable bonds is 6. The molecule has 4 heteroatoms. The van der Waals surface area contributed by atoms with Crippen LogP contribution < -0.4 is 5.32 Å². The first kappa shape index (κ1) is 19.2. The monoisotopic (exact) mass is 371 g/mol.